The molecule has 0 bridgehead atoms. The van der Waals surface area contributed by atoms with Gasteiger partial charge in [-0.15, -0.1) is 13.2 Å². The summed E-state index contributed by atoms with van der Waals surface area (Å²) >= 11 is 0. The van der Waals surface area contributed by atoms with Crippen LogP contribution in [-0.4, -0.2) is 95.2 Å². The molecule has 57 heavy (non-hydrogen) atoms. The minimum absolute atomic E-state index is 0.00238. The number of anilines is 3. The number of carbonyl (C=O) groups excluding carboxylic acids is 2. The van der Waals surface area contributed by atoms with E-state index in [1.165, 1.54) is 30.6 Å². The fourth-order valence-corrected chi connectivity index (χ4v) is 7.70. The van der Waals surface area contributed by atoms with E-state index in [4.69, 9.17) is 9.72 Å². The van der Waals surface area contributed by atoms with Crippen LogP contribution in [0.5, 0.6) is 11.5 Å². The lowest BCUT2D eigenvalue weighted by molar-refractivity contribution is -0.274. The molecule has 3 aliphatic heterocycles. The summed E-state index contributed by atoms with van der Waals surface area (Å²) in [6.07, 6.45) is 2.49. The second-order valence-corrected chi connectivity index (χ2v) is 14.8. The summed E-state index contributed by atoms with van der Waals surface area (Å²) in [5.41, 5.74) is 2.95. The van der Waals surface area contributed by atoms with Crippen LogP contribution < -0.4 is 30.3 Å². The first-order valence-corrected chi connectivity index (χ1v) is 19.4. The number of hydrogen-bond donors (Lipinski definition) is 4. The molecular formula is C41H47F3N8O5. The zero-order valence-corrected chi connectivity index (χ0v) is 31.5. The van der Waals surface area contributed by atoms with Crippen molar-refractivity contribution in [1.29, 1.82) is 0 Å². The van der Waals surface area contributed by atoms with Crippen LogP contribution in [0.4, 0.5) is 30.5 Å². The molecule has 2 aromatic carbocycles. The summed E-state index contributed by atoms with van der Waals surface area (Å²) in [6.45, 7) is 5.50. The van der Waals surface area contributed by atoms with E-state index < -0.39 is 12.6 Å². The third-order valence-corrected chi connectivity index (χ3v) is 10.8. The number of likely N-dealkylation sites (tertiary alicyclic amines) is 1. The molecule has 16 heteroatoms. The molecular weight excluding hydrogens is 741 g/mol. The third-order valence-electron chi connectivity index (χ3n) is 10.8. The highest BCUT2D eigenvalue weighted by molar-refractivity contribution is 5.78. The molecule has 5 heterocycles. The topological polar surface area (TPSA) is 154 Å². The maximum Gasteiger partial charge on any atom is 0.573 e. The minimum atomic E-state index is -4.75. The number of rotatable bonds is 13. The van der Waals surface area contributed by atoms with E-state index in [1.807, 2.05) is 42.6 Å². The van der Waals surface area contributed by atoms with Gasteiger partial charge in [-0.05, 0) is 111 Å². The van der Waals surface area contributed by atoms with Crippen molar-refractivity contribution in [2.75, 3.05) is 56.1 Å². The largest absolute Gasteiger partial charge is 0.573 e. The third kappa shape index (κ3) is 11.1. The van der Waals surface area contributed by atoms with Crippen molar-refractivity contribution in [2.45, 2.75) is 57.0 Å². The molecule has 0 radical (unpaired) electrons. The fraction of sp³-hybridized carbons (Fsp3) is 0.439. The van der Waals surface area contributed by atoms with Gasteiger partial charge < -0.3 is 40.3 Å². The lowest BCUT2D eigenvalue weighted by Crippen LogP contribution is -2.44. The quantitative estimate of drug-likeness (QED) is 0.125. The van der Waals surface area contributed by atoms with Crippen LogP contribution in [0.15, 0.2) is 79.3 Å². The van der Waals surface area contributed by atoms with Crippen LogP contribution in [0.2, 0.25) is 0 Å². The summed E-state index contributed by atoms with van der Waals surface area (Å²) in [5.74, 6) is 2.19. The van der Waals surface area contributed by atoms with Gasteiger partial charge in [0.2, 0.25) is 11.8 Å². The Labute approximate surface area is 329 Å². The average Bonchev–Trinajstić information content (AvgIpc) is 3.21. The predicted octanol–water partition coefficient (Wildman–Crippen LogP) is 5.62. The van der Waals surface area contributed by atoms with Crippen molar-refractivity contribution in [3.63, 3.8) is 0 Å². The Morgan fingerprint density at radius 2 is 1.63 bits per heavy atom. The Morgan fingerprint density at radius 1 is 0.895 bits per heavy atom. The average molecular weight is 789 g/mol. The summed E-state index contributed by atoms with van der Waals surface area (Å²) in [5, 5.41) is 19.0. The monoisotopic (exact) mass is 788 g/mol. The number of alkyl halides is 3. The summed E-state index contributed by atoms with van der Waals surface area (Å²) in [7, 11) is 0. The van der Waals surface area contributed by atoms with E-state index in [0.717, 1.165) is 75.4 Å². The Morgan fingerprint density at radius 3 is 2.32 bits per heavy atom. The zero-order chi connectivity index (χ0) is 39.8. The van der Waals surface area contributed by atoms with Crippen molar-refractivity contribution in [3.8, 4) is 22.8 Å². The van der Waals surface area contributed by atoms with Gasteiger partial charge >= 0.3 is 6.36 Å². The predicted molar refractivity (Wildman–Crippen MR) is 207 cm³/mol. The van der Waals surface area contributed by atoms with Crippen LogP contribution in [-0.2, 0) is 9.59 Å². The van der Waals surface area contributed by atoms with E-state index in [-0.39, 0.29) is 29.4 Å². The number of halogens is 3. The molecule has 302 valence electrons. The van der Waals surface area contributed by atoms with Crippen molar-refractivity contribution in [1.82, 2.24) is 30.5 Å². The standard InChI is InChI=1S/C41H47F3N8O5/c42-41(43,44)57-33-8-4-31(5-9-33)49-36-23-35(47-26-48-36)28-1-6-32(7-2-28)56-22-17-45-39(54)29-15-18-51(19-16-29)25-27-13-20-52(21-14-27)37-11-3-30(24-46-37)34-10-12-38(53)50-40(34)55/h1-9,11,23-24,26-27,29,34,40,55H,10,12-22,25H2,(H,45,54)(H,50,53)(H,47,48,49). The van der Waals surface area contributed by atoms with Crippen molar-refractivity contribution >= 4 is 29.1 Å². The van der Waals surface area contributed by atoms with Gasteiger partial charge in [-0.2, -0.15) is 0 Å². The van der Waals surface area contributed by atoms with E-state index in [1.54, 1.807) is 6.07 Å². The highest BCUT2D eigenvalue weighted by Crippen LogP contribution is 2.30. The van der Waals surface area contributed by atoms with Gasteiger partial charge in [0.1, 0.15) is 42.3 Å². The molecule has 3 fully saturated rings. The first-order valence-electron chi connectivity index (χ1n) is 19.4. The van der Waals surface area contributed by atoms with Gasteiger partial charge in [-0.25, -0.2) is 15.0 Å². The molecule has 2 atom stereocenters. The lowest BCUT2D eigenvalue weighted by Gasteiger charge is -2.38. The number of ether oxygens (including phenoxy) is 2. The van der Waals surface area contributed by atoms with E-state index >= 15 is 0 Å². The number of benzene rings is 2. The molecule has 4 N–H and O–H groups in total. The van der Waals surface area contributed by atoms with Crippen LogP contribution in [0.3, 0.4) is 0 Å². The van der Waals surface area contributed by atoms with Crippen LogP contribution >= 0.6 is 0 Å². The maximum absolute atomic E-state index is 12.9. The number of nitrogens with zero attached hydrogens (tertiary/aromatic N) is 5. The second kappa shape index (κ2) is 18.2. The first-order chi connectivity index (χ1) is 27.5. The molecule has 2 amide bonds. The van der Waals surface area contributed by atoms with Gasteiger partial charge in [-0.1, -0.05) is 6.07 Å². The molecule has 3 aliphatic rings. The molecule has 0 saturated carbocycles. The molecule has 4 aromatic rings. The first kappa shape index (κ1) is 39.7. The van der Waals surface area contributed by atoms with Crippen molar-refractivity contribution in [2.24, 2.45) is 11.8 Å². The van der Waals surface area contributed by atoms with Crippen LogP contribution in [0.25, 0.3) is 11.3 Å². The van der Waals surface area contributed by atoms with Crippen molar-refractivity contribution < 1.29 is 37.3 Å². The van der Waals surface area contributed by atoms with Gasteiger partial charge in [0.25, 0.3) is 0 Å². The highest BCUT2D eigenvalue weighted by Gasteiger charge is 2.32. The molecule has 13 nitrogen and oxygen atoms in total. The lowest BCUT2D eigenvalue weighted by atomic mass is 9.90. The molecule has 3 saturated heterocycles. The van der Waals surface area contributed by atoms with Crippen LogP contribution in [0, 0.1) is 11.8 Å². The highest BCUT2D eigenvalue weighted by atomic mass is 19.4. The number of pyridine rings is 1. The number of aliphatic hydroxyl groups excluding tert-OH is 1. The minimum Gasteiger partial charge on any atom is -0.492 e. The number of hydrogen-bond acceptors (Lipinski definition) is 11. The fourth-order valence-electron chi connectivity index (χ4n) is 7.70. The van der Waals surface area contributed by atoms with Gasteiger partial charge in [-0.3, -0.25) is 9.59 Å². The Kier molecular flexibility index (Phi) is 12.7. The van der Waals surface area contributed by atoms with Crippen LogP contribution in [0.1, 0.15) is 50.0 Å². The summed E-state index contributed by atoms with van der Waals surface area (Å²) in [4.78, 5) is 42.5. The SMILES string of the molecule is O=C1CCC(c2ccc(N3CCC(CN4CCC(C(=O)NCCOc5ccc(-c6cc(Nc7ccc(OC(F)(F)F)cc7)ncn6)cc5)CC4)CC3)nc2)C(O)N1. The van der Waals surface area contributed by atoms with E-state index in [9.17, 15) is 27.9 Å². The number of aromatic nitrogens is 3. The number of piperidine rings is 3. The number of aliphatic hydroxyl groups is 1. The van der Waals surface area contributed by atoms with Crippen molar-refractivity contribution in [3.05, 3.63) is 84.8 Å². The van der Waals surface area contributed by atoms with Gasteiger partial charge in [0, 0.05) is 61.4 Å². The summed E-state index contributed by atoms with van der Waals surface area (Å²) in [6, 6.07) is 18.5. The number of nitrogens with one attached hydrogen (secondary N) is 3. The molecule has 2 aromatic heterocycles. The second-order valence-electron chi connectivity index (χ2n) is 14.8. The van der Waals surface area contributed by atoms with Gasteiger partial charge in [0.05, 0.1) is 12.2 Å². The Balaban J connectivity index is 0.772. The normalized spacial score (nSPS) is 19.8. The van der Waals surface area contributed by atoms with Gasteiger partial charge in [0.15, 0.2) is 0 Å². The molecule has 7 rings (SSSR count). The summed E-state index contributed by atoms with van der Waals surface area (Å²) < 4.78 is 47.1. The number of carbonyl (C=O) groups is 2. The molecule has 2 unspecified atom stereocenters. The Bertz CT molecular complexity index is 1940. The maximum atomic E-state index is 12.9. The van der Waals surface area contributed by atoms with E-state index in [2.05, 4.69) is 40.5 Å². The molecule has 0 aliphatic carbocycles. The zero-order valence-electron chi connectivity index (χ0n) is 31.5. The van der Waals surface area contributed by atoms with E-state index in [0.29, 0.717) is 54.9 Å². The smallest absolute Gasteiger partial charge is 0.492 e. The Hall–Kier alpha value is -5.48. The molecule has 0 spiro atoms. The number of amides is 2.